The molecule has 7 nitrogen and oxygen atoms in total. The highest BCUT2D eigenvalue weighted by Crippen LogP contribution is 2.29. The Morgan fingerprint density at radius 1 is 1.50 bits per heavy atom. The second kappa shape index (κ2) is 5.80. The van der Waals surface area contributed by atoms with Crippen molar-refractivity contribution in [2.75, 3.05) is 25.5 Å². The van der Waals surface area contributed by atoms with E-state index in [0.717, 1.165) is 16.0 Å². The largest absolute Gasteiger partial charge is 0.497 e. The third-order valence-electron chi connectivity index (χ3n) is 3.69. The Morgan fingerprint density at radius 3 is 3.00 bits per heavy atom. The van der Waals surface area contributed by atoms with Crippen LogP contribution in [0.1, 0.15) is 6.42 Å². The molecule has 2 heterocycles. The van der Waals surface area contributed by atoms with Gasteiger partial charge in [-0.3, -0.25) is 10.1 Å². The van der Waals surface area contributed by atoms with Crippen LogP contribution in [0.3, 0.4) is 0 Å². The lowest BCUT2D eigenvalue weighted by atomic mass is 10.1. The second-order valence-electron chi connectivity index (χ2n) is 5.12. The highest BCUT2D eigenvalue weighted by molar-refractivity contribution is 7.22. The summed E-state index contributed by atoms with van der Waals surface area (Å²) in [4.78, 5) is 29.3. The number of methoxy groups -OCH3 is 1. The molecule has 1 saturated heterocycles. The number of nitrogens with two attached hydrogens (primary N) is 1. The van der Waals surface area contributed by atoms with Gasteiger partial charge >= 0.3 is 6.03 Å². The van der Waals surface area contributed by atoms with Crippen LogP contribution < -0.4 is 15.8 Å². The number of fused-ring (bicyclic) bond motifs is 1. The molecule has 0 spiro atoms. The molecule has 0 radical (unpaired) electrons. The summed E-state index contributed by atoms with van der Waals surface area (Å²) in [5, 5.41) is 3.30. The molecule has 2 aromatic rings. The summed E-state index contributed by atoms with van der Waals surface area (Å²) < 4.78 is 6.10. The van der Waals surface area contributed by atoms with E-state index in [1.807, 2.05) is 18.2 Å². The topological polar surface area (TPSA) is 97.6 Å². The minimum absolute atomic E-state index is 0.255. The van der Waals surface area contributed by atoms with Crippen molar-refractivity contribution in [2.45, 2.75) is 6.42 Å². The van der Waals surface area contributed by atoms with Gasteiger partial charge in [-0.2, -0.15) is 0 Å². The van der Waals surface area contributed by atoms with Crippen molar-refractivity contribution in [2.24, 2.45) is 11.7 Å². The van der Waals surface area contributed by atoms with Crippen LogP contribution in [0.4, 0.5) is 9.93 Å². The predicted octanol–water partition coefficient (Wildman–Crippen LogP) is 1.64. The molecule has 1 atom stereocenters. The Hall–Kier alpha value is -2.35. The fourth-order valence-corrected chi connectivity index (χ4v) is 3.32. The highest BCUT2D eigenvalue weighted by atomic mass is 32.1. The number of nitrogens with zero attached hydrogens (tertiary/aromatic N) is 2. The van der Waals surface area contributed by atoms with Gasteiger partial charge in [-0.05, 0) is 24.6 Å². The monoisotopic (exact) mass is 320 g/mol. The summed E-state index contributed by atoms with van der Waals surface area (Å²) in [7, 11) is 1.60. The molecule has 3 N–H and O–H groups in total. The van der Waals surface area contributed by atoms with Crippen molar-refractivity contribution in [3.63, 3.8) is 0 Å². The number of likely N-dealkylation sites (tertiary alicyclic amines) is 1. The van der Waals surface area contributed by atoms with E-state index in [1.165, 1.54) is 11.3 Å². The zero-order valence-corrected chi connectivity index (χ0v) is 12.9. The average molecular weight is 320 g/mol. The summed E-state index contributed by atoms with van der Waals surface area (Å²) in [5.41, 5.74) is 6.07. The van der Waals surface area contributed by atoms with E-state index >= 15 is 0 Å². The van der Waals surface area contributed by atoms with Crippen LogP contribution in [0.15, 0.2) is 18.2 Å². The highest BCUT2D eigenvalue weighted by Gasteiger charge is 2.29. The van der Waals surface area contributed by atoms with E-state index in [2.05, 4.69) is 10.3 Å². The number of carbonyl (C=O) groups excluding carboxylic acids is 2. The molecule has 3 rings (SSSR count). The molecule has 3 amide bonds. The molecule has 0 unspecified atom stereocenters. The molecule has 22 heavy (non-hydrogen) atoms. The molecule has 1 aromatic carbocycles. The van der Waals surface area contributed by atoms with Crippen LogP contribution in [0.5, 0.6) is 5.75 Å². The number of amides is 3. The van der Waals surface area contributed by atoms with Gasteiger partial charge in [0.1, 0.15) is 5.75 Å². The van der Waals surface area contributed by atoms with Crippen LogP contribution >= 0.6 is 11.3 Å². The van der Waals surface area contributed by atoms with Gasteiger partial charge < -0.3 is 15.4 Å². The van der Waals surface area contributed by atoms with Gasteiger partial charge in [-0.25, -0.2) is 9.78 Å². The molecular formula is C14H16N4O3S. The lowest BCUT2D eigenvalue weighted by Gasteiger charge is -2.15. The zero-order valence-electron chi connectivity index (χ0n) is 12.0. The van der Waals surface area contributed by atoms with Crippen LogP contribution in [-0.2, 0) is 4.79 Å². The minimum Gasteiger partial charge on any atom is -0.497 e. The molecule has 0 saturated carbocycles. The van der Waals surface area contributed by atoms with E-state index in [-0.39, 0.29) is 17.9 Å². The third kappa shape index (κ3) is 2.82. The number of primary amides is 1. The first-order chi connectivity index (χ1) is 10.6. The number of aromatic nitrogens is 1. The van der Waals surface area contributed by atoms with E-state index in [0.29, 0.717) is 24.6 Å². The number of rotatable bonds is 3. The van der Waals surface area contributed by atoms with E-state index < -0.39 is 0 Å². The summed E-state index contributed by atoms with van der Waals surface area (Å²) in [6, 6.07) is 5.29. The summed E-state index contributed by atoms with van der Waals surface area (Å²) in [6.45, 7) is 0.887. The van der Waals surface area contributed by atoms with Crippen LogP contribution in [0, 0.1) is 5.92 Å². The van der Waals surface area contributed by atoms with Crippen LogP contribution in [0.25, 0.3) is 10.2 Å². The van der Waals surface area contributed by atoms with Gasteiger partial charge in [0.15, 0.2) is 5.13 Å². The van der Waals surface area contributed by atoms with E-state index in [9.17, 15) is 9.59 Å². The van der Waals surface area contributed by atoms with Crippen molar-refractivity contribution in [1.29, 1.82) is 0 Å². The third-order valence-corrected chi connectivity index (χ3v) is 4.62. The molecule has 1 aliphatic rings. The van der Waals surface area contributed by atoms with Crippen molar-refractivity contribution in [1.82, 2.24) is 9.88 Å². The van der Waals surface area contributed by atoms with Crippen molar-refractivity contribution < 1.29 is 14.3 Å². The number of benzene rings is 1. The number of carbonyl (C=O) groups is 2. The first kappa shape index (κ1) is 14.6. The van der Waals surface area contributed by atoms with E-state index in [1.54, 1.807) is 12.0 Å². The molecular weight excluding hydrogens is 304 g/mol. The second-order valence-corrected chi connectivity index (χ2v) is 6.15. The van der Waals surface area contributed by atoms with Gasteiger partial charge in [0.05, 0.1) is 23.2 Å². The predicted molar refractivity (Wildman–Crippen MR) is 84.1 cm³/mol. The minimum atomic E-state index is -0.359. The number of nitrogens with one attached hydrogen (secondary N) is 1. The van der Waals surface area contributed by atoms with E-state index in [4.69, 9.17) is 10.5 Å². The Bertz CT molecular complexity index is 730. The number of hydrogen-bond donors (Lipinski definition) is 2. The van der Waals surface area contributed by atoms with Crippen LogP contribution in [-0.4, -0.2) is 42.0 Å². The van der Waals surface area contributed by atoms with Crippen molar-refractivity contribution in [3.8, 4) is 5.75 Å². The molecule has 1 aromatic heterocycles. The normalized spacial score (nSPS) is 17.7. The Kier molecular flexibility index (Phi) is 3.84. The van der Waals surface area contributed by atoms with Gasteiger partial charge in [-0.1, -0.05) is 11.3 Å². The summed E-state index contributed by atoms with van der Waals surface area (Å²) in [5.74, 6) is 0.130. The molecule has 1 aliphatic heterocycles. The maximum Gasteiger partial charge on any atom is 0.323 e. The van der Waals surface area contributed by atoms with Gasteiger partial charge in [-0.15, -0.1) is 0 Å². The lowest BCUT2D eigenvalue weighted by Crippen LogP contribution is -2.34. The number of ether oxygens (including phenoxy) is 1. The first-order valence-corrected chi connectivity index (χ1v) is 7.68. The maximum absolute atomic E-state index is 12.2. The Morgan fingerprint density at radius 2 is 2.32 bits per heavy atom. The zero-order chi connectivity index (χ0) is 15.7. The fraction of sp³-hybridized carbons (Fsp3) is 0.357. The summed E-state index contributed by atoms with van der Waals surface area (Å²) >= 11 is 1.38. The quantitative estimate of drug-likeness (QED) is 0.898. The SMILES string of the molecule is COc1ccc2nc(NC(=O)N3CC[C@H](C(N)=O)C3)sc2c1. The number of urea groups is 1. The fourth-order valence-electron chi connectivity index (χ4n) is 2.43. The number of anilines is 1. The van der Waals surface area contributed by atoms with Gasteiger partial charge in [0, 0.05) is 13.1 Å². The molecule has 1 fully saturated rings. The molecule has 0 aliphatic carbocycles. The number of hydrogen-bond acceptors (Lipinski definition) is 5. The maximum atomic E-state index is 12.2. The van der Waals surface area contributed by atoms with Crippen LogP contribution in [0.2, 0.25) is 0 Å². The first-order valence-electron chi connectivity index (χ1n) is 6.86. The van der Waals surface area contributed by atoms with Crippen molar-refractivity contribution in [3.05, 3.63) is 18.2 Å². The van der Waals surface area contributed by atoms with Crippen molar-refractivity contribution >= 4 is 38.6 Å². The standard InChI is InChI=1S/C14H16N4O3S/c1-21-9-2-3-10-11(6-9)22-13(16-10)17-14(20)18-5-4-8(7-18)12(15)19/h2-3,6,8H,4-5,7H2,1H3,(H2,15,19)(H,16,17,20)/t8-/m0/s1. The van der Waals surface area contributed by atoms with Gasteiger partial charge in [0.2, 0.25) is 5.91 Å². The lowest BCUT2D eigenvalue weighted by molar-refractivity contribution is -0.121. The Labute approximate surface area is 131 Å². The molecule has 0 bridgehead atoms. The molecule has 116 valence electrons. The van der Waals surface area contributed by atoms with Gasteiger partial charge in [0.25, 0.3) is 0 Å². The summed E-state index contributed by atoms with van der Waals surface area (Å²) in [6.07, 6.45) is 0.611. The smallest absolute Gasteiger partial charge is 0.323 e. The number of thiazole rings is 1. The Balaban J connectivity index is 1.70. The molecule has 8 heteroatoms. The average Bonchev–Trinajstić information content (AvgIpc) is 3.12.